The second kappa shape index (κ2) is 7.61. The smallest absolute Gasteiger partial charge is 0.410 e. The molecule has 0 bridgehead atoms. The van der Waals surface area contributed by atoms with E-state index < -0.39 is 0 Å². The summed E-state index contributed by atoms with van der Waals surface area (Å²) in [6.45, 7) is 3.54. The van der Waals surface area contributed by atoms with Crippen LogP contribution in [0.2, 0.25) is 0 Å². The van der Waals surface area contributed by atoms with Gasteiger partial charge in [-0.3, -0.25) is 0 Å². The van der Waals surface area contributed by atoms with Crippen LogP contribution >= 0.6 is 0 Å². The second-order valence-corrected chi connectivity index (χ2v) is 6.03. The summed E-state index contributed by atoms with van der Waals surface area (Å²) >= 11 is 0. The fourth-order valence-corrected chi connectivity index (χ4v) is 3.07. The van der Waals surface area contributed by atoms with Crippen LogP contribution in [0.5, 0.6) is 0 Å². The van der Waals surface area contributed by atoms with E-state index in [1.54, 1.807) is 4.90 Å². The van der Waals surface area contributed by atoms with Crippen molar-refractivity contribution in [2.75, 3.05) is 26.3 Å². The average molecular weight is 304 g/mol. The molecule has 1 aromatic carbocycles. The van der Waals surface area contributed by atoms with E-state index in [0.717, 1.165) is 51.1 Å². The highest BCUT2D eigenvalue weighted by atomic mass is 16.6. The predicted octanol–water partition coefficient (Wildman–Crippen LogP) is 2.17. The quantitative estimate of drug-likeness (QED) is 0.926. The highest BCUT2D eigenvalue weighted by Crippen LogP contribution is 2.15. The summed E-state index contributed by atoms with van der Waals surface area (Å²) < 4.78 is 10.8. The van der Waals surface area contributed by atoms with Crippen LogP contribution in [0.15, 0.2) is 30.3 Å². The molecule has 1 N–H and O–H groups in total. The van der Waals surface area contributed by atoms with Crippen LogP contribution in [0.25, 0.3) is 0 Å². The summed E-state index contributed by atoms with van der Waals surface area (Å²) in [6.07, 6.45) is 2.92. The van der Waals surface area contributed by atoms with Gasteiger partial charge < -0.3 is 19.7 Å². The molecule has 2 fully saturated rings. The summed E-state index contributed by atoms with van der Waals surface area (Å²) in [5.41, 5.74) is 1.02. The van der Waals surface area contributed by atoms with Crippen molar-refractivity contribution in [3.8, 4) is 0 Å². The van der Waals surface area contributed by atoms with E-state index in [2.05, 4.69) is 5.32 Å². The van der Waals surface area contributed by atoms with Crippen LogP contribution in [-0.2, 0) is 16.1 Å². The molecule has 1 amide bonds. The summed E-state index contributed by atoms with van der Waals surface area (Å²) in [5, 5.41) is 3.65. The van der Waals surface area contributed by atoms with E-state index in [-0.39, 0.29) is 6.09 Å². The minimum atomic E-state index is -0.208. The lowest BCUT2D eigenvalue weighted by Gasteiger charge is -2.26. The van der Waals surface area contributed by atoms with Gasteiger partial charge in [0.2, 0.25) is 0 Å². The molecule has 2 saturated heterocycles. The molecule has 1 aromatic rings. The highest BCUT2D eigenvalue weighted by molar-refractivity contribution is 5.68. The Hall–Kier alpha value is -1.59. The number of likely N-dealkylation sites (tertiary alicyclic amines) is 1. The number of benzene rings is 1. The van der Waals surface area contributed by atoms with Gasteiger partial charge in [0, 0.05) is 38.4 Å². The van der Waals surface area contributed by atoms with Crippen LogP contribution in [0.1, 0.15) is 24.8 Å². The van der Waals surface area contributed by atoms with Crippen molar-refractivity contribution in [3.05, 3.63) is 35.9 Å². The Morgan fingerprint density at radius 3 is 2.73 bits per heavy atom. The van der Waals surface area contributed by atoms with E-state index in [0.29, 0.717) is 18.7 Å². The molecule has 120 valence electrons. The molecule has 5 heteroatoms. The maximum absolute atomic E-state index is 12.1. The summed E-state index contributed by atoms with van der Waals surface area (Å²) in [4.78, 5) is 13.9. The van der Waals surface area contributed by atoms with Crippen molar-refractivity contribution in [1.82, 2.24) is 10.2 Å². The molecule has 22 heavy (non-hydrogen) atoms. The molecular weight excluding hydrogens is 280 g/mol. The van der Waals surface area contributed by atoms with Gasteiger partial charge >= 0.3 is 6.09 Å². The van der Waals surface area contributed by atoms with Crippen molar-refractivity contribution in [3.63, 3.8) is 0 Å². The molecule has 1 atom stereocenters. The number of nitrogens with zero attached hydrogens (tertiary/aromatic N) is 1. The monoisotopic (exact) mass is 304 g/mol. The van der Waals surface area contributed by atoms with Gasteiger partial charge in [-0.2, -0.15) is 0 Å². The Balaban J connectivity index is 1.40. The molecule has 2 heterocycles. The number of carbonyl (C=O) groups is 1. The Bertz CT molecular complexity index is 474. The number of ether oxygens (including phenoxy) is 2. The number of rotatable bonds is 4. The Labute approximate surface area is 131 Å². The fourth-order valence-electron chi connectivity index (χ4n) is 3.07. The lowest BCUT2D eigenvalue weighted by molar-refractivity contribution is 0.0744. The standard InChI is InChI=1S/C17H24N2O3/c20-17(22-13-14-4-2-1-3-5-14)19-9-6-16(12-19)18-15-7-10-21-11-8-15/h1-5,15-16,18H,6-13H2. The molecule has 2 aliphatic rings. The Morgan fingerprint density at radius 2 is 1.95 bits per heavy atom. The molecule has 2 aliphatic heterocycles. The third-order valence-corrected chi connectivity index (χ3v) is 4.34. The van der Waals surface area contributed by atoms with Gasteiger partial charge in [0.1, 0.15) is 6.61 Å². The normalized spacial score (nSPS) is 22.7. The molecule has 0 saturated carbocycles. The van der Waals surface area contributed by atoms with E-state index in [1.165, 1.54) is 0 Å². The molecule has 0 aromatic heterocycles. The van der Waals surface area contributed by atoms with Crippen LogP contribution < -0.4 is 5.32 Å². The maximum atomic E-state index is 12.1. The third-order valence-electron chi connectivity index (χ3n) is 4.34. The van der Waals surface area contributed by atoms with Gasteiger partial charge in [0.25, 0.3) is 0 Å². The van der Waals surface area contributed by atoms with E-state index >= 15 is 0 Å². The van der Waals surface area contributed by atoms with Crippen molar-refractivity contribution in [2.24, 2.45) is 0 Å². The van der Waals surface area contributed by atoms with Crippen LogP contribution in [0, 0.1) is 0 Å². The van der Waals surface area contributed by atoms with Gasteiger partial charge in [0.15, 0.2) is 0 Å². The first-order valence-electron chi connectivity index (χ1n) is 8.10. The first-order chi connectivity index (χ1) is 10.8. The number of hydrogen-bond donors (Lipinski definition) is 1. The van der Waals surface area contributed by atoms with Crippen LogP contribution in [0.4, 0.5) is 4.79 Å². The van der Waals surface area contributed by atoms with Gasteiger partial charge in [0.05, 0.1) is 0 Å². The zero-order chi connectivity index (χ0) is 15.2. The Morgan fingerprint density at radius 1 is 1.18 bits per heavy atom. The maximum Gasteiger partial charge on any atom is 0.410 e. The SMILES string of the molecule is O=C(OCc1ccccc1)N1CCC(NC2CCOCC2)C1. The number of amides is 1. The summed E-state index contributed by atoms with van der Waals surface area (Å²) in [5.74, 6) is 0. The highest BCUT2D eigenvalue weighted by Gasteiger charge is 2.29. The molecule has 0 aliphatic carbocycles. The first kappa shape index (κ1) is 15.3. The van der Waals surface area contributed by atoms with E-state index in [4.69, 9.17) is 9.47 Å². The zero-order valence-electron chi connectivity index (χ0n) is 12.9. The van der Waals surface area contributed by atoms with Crippen molar-refractivity contribution < 1.29 is 14.3 Å². The van der Waals surface area contributed by atoms with Crippen molar-refractivity contribution in [1.29, 1.82) is 0 Å². The molecule has 5 nitrogen and oxygen atoms in total. The topological polar surface area (TPSA) is 50.8 Å². The molecule has 3 rings (SSSR count). The van der Waals surface area contributed by atoms with Gasteiger partial charge in [-0.25, -0.2) is 4.79 Å². The lowest BCUT2D eigenvalue weighted by atomic mass is 10.1. The number of carbonyl (C=O) groups excluding carboxylic acids is 1. The summed E-state index contributed by atoms with van der Waals surface area (Å²) in [6, 6.07) is 10.7. The number of nitrogens with one attached hydrogen (secondary N) is 1. The minimum Gasteiger partial charge on any atom is -0.445 e. The zero-order valence-corrected chi connectivity index (χ0v) is 12.9. The van der Waals surface area contributed by atoms with Crippen LogP contribution in [-0.4, -0.2) is 49.4 Å². The summed E-state index contributed by atoms with van der Waals surface area (Å²) in [7, 11) is 0. The largest absolute Gasteiger partial charge is 0.445 e. The van der Waals surface area contributed by atoms with Crippen molar-refractivity contribution >= 4 is 6.09 Å². The van der Waals surface area contributed by atoms with E-state index in [9.17, 15) is 4.79 Å². The van der Waals surface area contributed by atoms with Gasteiger partial charge in [-0.05, 0) is 24.8 Å². The Kier molecular flexibility index (Phi) is 5.29. The second-order valence-electron chi connectivity index (χ2n) is 6.03. The van der Waals surface area contributed by atoms with Gasteiger partial charge in [-0.15, -0.1) is 0 Å². The predicted molar refractivity (Wildman–Crippen MR) is 83.6 cm³/mol. The van der Waals surface area contributed by atoms with E-state index in [1.807, 2.05) is 30.3 Å². The molecule has 0 spiro atoms. The average Bonchev–Trinajstić information content (AvgIpc) is 3.03. The number of hydrogen-bond acceptors (Lipinski definition) is 4. The van der Waals surface area contributed by atoms with Crippen molar-refractivity contribution in [2.45, 2.75) is 38.0 Å². The molecule has 1 unspecified atom stereocenters. The minimum absolute atomic E-state index is 0.208. The fraction of sp³-hybridized carbons (Fsp3) is 0.588. The lowest BCUT2D eigenvalue weighted by Crippen LogP contribution is -2.43. The molecular formula is C17H24N2O3. The first-order valence-corrected chi connectivity index (χ1v) is 8.10. The molecule has 0 radical (unpaired) electrons. The van der Waals surface area contributed by atoms with Gasteiger partial charge in [-0.1, -0.05) is 30.3 Å². The third kappa shape index (κ3) is 4.21. The van der Waals surface area contributed by atoms with Crippen LogP contribution in [0.3, 0.4) is 0 Å².